The first-order valence-electron chi connectivity index (χ1n) is 10.2. The van der Waals surface area contributed by atoms with Crippen molar-refractivity contribution >= 4 is 5.96 Å². The number of aliphatic imine (C=N–C) groups is 1. The molecule has 1 aromatic heterocycles. The van der Waals surface area contributed by atoms with Gasteiger partial charge in [-0.2, -0.15) is 5.10 Å². The lowest BCUT2D eigenvalue weighted by molar-refractivity contribution is 0.141. The fourth-order valence-corrected chi connectivity index (χ4v) is 4.03. The minimum absolute atomic E-state index is 0.319. The summed E-state index contributed by atoms with van der Waals surface area (Å²) in [6, 6.07) is 0.951. The van der Waals surface area contributed by atoms with Crippen LogP contribution in [0.5, 0.6) is 0 Å². The van der Waals surface area contributed by atoms with Crippen LogP contribution >= 0.6 is 0 Å². The van der Waals surface area contributed by atoms with Crippen molar-refractivity contribution in [3.63, 3.8) is 0 Å². The Bertz CT molecular complexity index is 628. The molecule has 8 heteroatoms. The van der Waals surface area contributed by atoms with Gasteiger partial charge in [0.1, 0.15) is 12.4 Å². The summed E-state index contributed by atoms with van der Waals surface area (Å²) in [5.41, 5.74) is 0. The van der Waals surface area contributed by atoms with E-state index < -0.39 is 0 Å². The molecule has 0 bridgehead atoms. The summed E-state index contributed by atoms with van der Waals surface area (Å²) < 4.78 is 7.14. The van der Waals surface area contributed by atoms with E-state index in [1.54, 1.807) is 7.11 Å². The first-order valence-corrected chi connectivity index (χ1v) is 10.2. The molecule has 1 aromatic rings. The number of likely N-dealkylation sites (tertiary alicyclic amines) is 1. The van der Waals surface area contributed by atoms with Crippen molar-refractivity contribution in [2.45, 2.75) is 64.8 Å². The van der Waals surface area contributed by atoms with Gasteiger partial charge in [0.2, 0.25) is 0 Å². The lowest BCUT2D eigenvalue weighted by Gasteiger charge is -2.35. The molecule has 0 spiro atoms. The molecule has 27 heavy (non-hydrogen) atoms. The predicted molar refractivity (Wildman–Crippen MR) is 107 cm³/mol. The summed E-state index contributed by atoms with van der Waals surface area (Å²) in [6.45, 7) is 9.24. The van der Waals surface area contributed by atoms with Crippen molar-refractivity contribution in [3.8, 4) is 0 Å². The number of nitrogens with one attached hydrogen (secondary N) is 2. The molecule has 2 unspecified atom stereocenters. The molecule has 8 nitrogen and oxygen atoms in total. The number of hydrogen-bond donors (Lipinski definition) is 2. The van der Waals surface area contributed by atoms with Gasteiger partial charge in [0.15, 0.2) is 11.8 Å². The van der Waals surface area contributed by atoms with Crippen LogP contribution in [-0.2, 0) is 24.3 Å². The molecule has 3 heterocycles. The van der Waals surface area contributed by atoms with Gasteiger partial charge in [0.05, 0.1) is 6.54 Å². The lowest BCUT2D eigenvalue weighted by Crippen LogP contribution is -2.49. The van der Waals surface area contributed by atoms with Gasteiger partial charge in [-0.25, -0.2) is 9.67 Å². The van der Waals surface area contributed by atoms with Crippen LogP contribution in [-0.4, -0.2) is 71.5 Å². The topological polar surface area (TPSA) is 79.6 Å². The smallest absolute Gasteiger partial charge is 0.191 e. The number of rotatable bonds is 6. The van der Waals surface area contributed by atoms with Crippen molar-refractivity contribution < 1.29 is 4.74 Å². The Morgan fingerprint density at radius 3 is 2.93 bits per heavy atom. The zero-order chi connectivity index (χ0) is 19.2. The molecular formula is C19H35N7O. The monoisotopic (exact) mass is 377 g/mol. The van der Waals surface area contributed by atoms with Gasteiger partial charge in [0.25, 0.3) is 0 Å². The van der Waals surface area contributed by atoms with E-state index in [0.29, 0.717) is 24.6 Å². The van der Waals surface area contributed by atoms with Gasteiger partial charge in [-0.05, 0) is 45.6 Å². The second-order valence-electron chi connectivity index (χ2n) is 7.99. The Morgan fingerprint density at radius 1 is 1.33 bits per heavy atom. The number of aryl methyl sites for hydroxylation is 1. The standard InChI is InChI=1S/C19H35N7O/c1-14(2)25-9-5-6-15(11-25)10-21-19(20-3)22-16-7-8-18-23-17(13-27-4)24-26(18)12-16/h14-16H,5-13H2,1-4H3,(H2,20,21,22). The number of ether oxygens (including phenoxy) is 1. The zero-order valence-corrected chi connectivity index (χ0v) is 17.2. The van der Waals surface area contributed by atoms with E-state index in [9.17, 15) is 0 Å². The Morgan fingerprint density at radius 2 is 2.19 bits per heavy atom. The molecule has 0 aromatic carbocycles. The average molecular weight is 378 g/mol. The number of nitrogens with zero attached hydrogens (tertiary/aromatic N) is 5. The Balaban J connectivity index is 1.47. The third-order valence-electron chi connectivity index (χ3n) is 5.58. The molecule has 152 valence electrons. The Labute approximate surface area is 162 Å². The molecule has 2 aliphatic rings. The van der Waals surface area contributed by atoms with Crippen LogP contribution in [0.25, 0.3) is 0 Å². The second kappa shape index (κ2) is 9.50. The summed E-state index contributed by atoms with van der Waals surface area (Å²) in [5.74, 6) is 3.40. The van der Waals surface area contributed by atoms with Gasteiger partial charge < -0.3 is 20.3 Å². The molecule has 0 radical (unpaired) electrons. The molecule has 2 aliphatic heterocycles. The first-order chi connectivity index (χ1) is 13.1. The number of guanidine groups is 1. The van der Waals surface area contributed by atoms with Gasteiger partial charge in [0, 0.05) is 45.8 Å². The molecular weight excluding hydrogens is 342 g/mol. The quantitative estimate of drug-likeness (QED) is 0.569. The van der Waals surface area contributed by atoms with Gasteiger partial charge >= 0.3 is 0 Å². The van der Waals surface area contributed by atoms with Gasteiger partial charge in [-0.3, -0.25) is 4.99 Å². The fourth-order valence-electron chi connectivity index (χ4n) is 4.03. The maximum Gasteiger partial charge on any atom is 0.191 e. The SMILES string of the molecule is CN=C(NCC1CCCN(C(C)C)C1)NC1CCc2nc(COC)nn2C1. The average Bonchev–Trinajstić information content (AvgIpc) is 3.07. The van der Waals surface area contributed by atoms with E-state index in [2.05, 4.69) is 44.5 Å². The van der Waals surface area contributed by atoms with E-state index in [1.807, 2.05) is 11.7 Å². The number of piperidine rings is 1. The number of methoxy groups -OCH3 is 1. The summed E-state index contributed by atoms with van der Waals surface area (Å²) in [4.78, 5) is 11.5. The number of aromatic nitrogens is 3. The second-order valence-corrected chi connectivity index (χ2v) is 7.99. The summed E-state index contributed by atoms with van der Waals surface area (Å²) in [7, 11) is 3.52. The minimum Gasteiger partial charge on any atom is -0.377 e. The maximum absolute atomic E-state index is 5.14. The van der Waals surface area contributed by atoms with Crippen LogP contribution < -0.4 is 10.6 Å². The summed E-state index contributed by atoms with van der Waals surface area (Å²) in [5, 5.41) is 11.7. The van der Waals surface area contributed by atoms with Crippen molar-refractivity contribution in [1.82, 2.24) is 30.3 Å². The van der Waals surface area contributed by atoms with Crippen LogP contribution in [0.15, 0.2) is 4.99 Å². The van der Waals surface area contributed by atoms with E-state index >= 15 is 0 Å². The summed E-state index contributed by atoms with van der Waals surface area (Å²) >= 11 is 0. The van der Waals surface area contributed by atoms with Crippen molar-refractivity contribution in [3.05, 3.63) is 11.6 Å². The highest BCUT2D eigenvalue weighted by molar-refractivity contribution is 5.79. The Kier molecular flexibility index (Phi) is 7.07. The molecule has 0 amide bonds. The molecule has 0 aliphatic carbocycles. The third-order valence-corrected chi connectivity index (χ3v) is 5.58. The van der Waals surface area contributed by atoms with Crippen LogP contribution in [0.4, 0.5) is 0 Å². The van der Waals surface area contributed by atoms with Crippen molar-refractivity contribution in [2.75, 3.05) is 33.8 Å². The maximum atomic E-state index is 5.14. The predicted octanol–water partition coefficient (Wildman–Crippen LogP) is 1.02. The summed E-state index contributed by atoms with van der Waals surface area (Å²) in [6.07, 6.45) is 4.55. The van der Waals surface area contributed by atoms with E-state index in [1.165, 1.54) is 25.9 Å². The first kappa shape index (κ1) is 20.1. The fraction of sp³-hybridized carbons (Fsp3) is 0.842. The van der Waals surface area contributed by atoms with E-state index in [0.717, 1.165) is 43.5 Å². The normalized spacial score (nSPS) is 24.1. The highest BCUT2D eigenvalue weighted by Crippen LogP contribution is 2.18. The van der Waals surface area contributed by atoms with Crippen LogP contribution in [0.1, 0.15) is 44.8 Å². The van der Waals surface area contributed by atoms with Crippen LogP contribution in [0.2, 0.25) is 0 Å². The van der Waals surface area contributed by atoms with Crippen molar-refractivity contribution in [2.24, 2.45) is 10.9 Å². The van der Waals surface area contributed by atoms with E-state index in [4.69, 9.17) is 4.74 Å². The van der Waals surface area contributed by atoms with Crippen LogP contribution in [0, 0.1) is 5.92 Å². The largest absolute Gasteiger partial charge is 0.377 e. The molecule has 0 saturated carbocycles. The highest BCUT2D eigenvalue weighted by atomic mass is 16.5. The van der Waals surface area contributed by atoms with Gasteiger partial charge in [-0.1, -0.05) is 0 Å². The van der Waals surface area contributed by atoms with Gasteiger partial charge in [-0.15, -0.1) is 0 Å². The minimum atomic E-state index is 0.319. The number of hydrogen-bond acceptors (Lipinski definition) is 5. The molecule has 1 fully saturated rings. The van der Waals surface area contributed by atoms with Crippen molar-refractivity contribution in [1.29, 1.82) is 0 Å². The third kappa shape index (κ3) is 5.42. The highest BCUT2D eigenvalue weighted by Gasteiger charge is 2.24. The molecule has 1 saturated heterocycles. The van der Waals surface area contributed by atoms with E-state index in [-0.39, 0.29) is 0 Å². The molecule has 3 rings (SSSR count). The lowest BCUT2D eigenvalue weighted by atomic mass is 9.97. The Hall–Kier alpha value is -1.67. The van der Waals surface area contributed by atoms with Crippen LogP contribution in [0.3, 0.4) is 0 Å². The molecule has 2 N–H and O–H groups in total. The molecule has 2 atom stereocenters. The number of fused-ring (bicyclic) bond motifs is 1. The zero-order valence-electron chi connectivity index (χ0n) is 17.2.